The van der Waals surface area contributed by atoms with Gasteiger partial charge in [-0.05, 0) is 44.9 Å². The van der Waals surface area contributed by atoms with E-state index in [2.05, 4.69) is 5.32 Å². The topological polar surface area (TPSA) is 75.6 Å². The first-order valence-electron chi connectivity index (χ1n) is 7.60. The summed E-state index contributed by atoms with van der Waals surface area (Å²) in [6.07, 6.45) is 6.86. The quantitative estimate of drug-likeness (QED) is 0.781. The Balaban J connectivity index is 1.88. The fourth-order valence-corrected chi connectivity index (χ4v) is 3.35. The molecule has 2 saturated carbocycles. The van der Waals surface area contributed by atoms with Gasteiger partial charge in [-0.25, -0.2) is 0 Å². The van der Waals surface area contributed by atoms with Crippen molar-refractivity contribution < 1.29 is 19.4 Å². The lowest BCUT2D eigenvalue weighted by Crippen LogP contribution is -2.56. The second-order valence-corrected chi connectivity index (χ2v) is 6.26. The zero-order valence-corrected chi connectivity index (χ0v) is 12.2. The molecule has 2 rings (SSSR count). The number of nitrogens with one attached hydrogen (secondary N) is 1. The highest BCUT2D eigenvalue weighted by Gasteiger charge is 2.40. The van der Waals surface area contributed by atoms with E-state index in [9.17, 15) is 9.59 Å². The molecular formula is C15H25NO4. The number of carboxylic acids is 1. The molecule has 20 heavy (non-hydrogen) atoms. The molecule has 0 bridgehead atoms. The number of carbonyl (C=O) groups is 2. The van der Waals surface area contributed by atoms with E-state index < -0.39 is 5.97 Å². The molecule has 0 aliphatic heterocycles. The van der Waals surface area contributed by atoms with Crippen molar-refractivity contribution in [3.05, 3.63) is 0 Å². The summed E-state index contributed by atoms with van der Waals surface area (Å²) in [6.45, 7) is 0.655. The second-order valence-electron chi connectivity index (χ2n) is 6.26. The Kier molecular flexibility index (Phi) is 5.02. The minimum atomic E-state index is -0.764. The van der Waals surface area contributed by atoms with E-state index in [-0.39, 0.29) is 23.3 Å². The zero-order valence-electron chi connectivity index (χ0n) is 12.2. The van der Waals surface area contributed by atoms with Gasteiger partial charge in [0.05, 0.1) is 5.92 Å². The van der Waals surface area contributed by atoms with E-state index in [0.29, 0.717) is 19.4 Å². The third-order valence-electron chi connectivity index (χ3n) is 4.88. The summed E-state index contributed by atoms with van der Waals surface area (Å²) in [5.41, 5.74) is -0.0940. The van der Waals surface area contributed by atoms with Crippen LogP contribution in [0.15, 0.2) is 0 Å². The molecule has 2 fully saturated rings. The summed E-state index contributed by atoms with van der Waals surface area (Å²) < 4.78 is 5.12. The van der Waals surface area contributed by atoms with Crippen LogP contribution in [0.5, 0.6) is 0 Å². The molecule has 0 radical (unpaired) electrons. The minimum Gasteiger partial charge on any atom is -0.481 e. The summed E-state index contributed by atoms with van der Waals surface area (Å²) in [5, 5.41) is 12.3. The Morgan fingerprint density at radius 3 is 2.50 bits per heavy atom. The molecule has 2 N–H and O–H groups in total. The van der Waals surface area contributed by atoms with Gasteiger partial charge < -0.3 is 15.2 Å². The van der Waals surface area contributed by atoms with Crippen molar-refractivity contribution in [3.63, 3.8) is 0 Å². The number of carbonyl (C=O) groups excluding carboxylic acids is 1. The number of methoxy groups -OCH3 is 1. The number of hydrogen-bond donors (Lipinski definition) is 2. The minimum absolute atomic E-state index is 0.0479. The molecule has 114 valence electrons. The van der Waals surface area contributed by atoms with Crippen LogP contribution in [0.2, 0.25) is 0 Å². The fourth-order valence-electron chi connectivity index (χ4n) is 3.35. The number of amides is 1. The van der Waals surface area contributed by atoms with Crippen molar-refractivity contribution in [1.29, 1.82) is 0 Å². The highest BCUT2D eigenvalue weighted by atomic mass is 16.5. The first kappa shape index (κ1) is 15.3. The predicted molar refractivity (Wildman–Crippen MR) is 74.3 cm³/mol. The number of rotatable bonds is 6. The SMILES string of the molecule is COCCC1(NC(=O)C2CCCC(C(=O)O)C2)CCC1. The Labute approximate surface area is 120 Å². The largest absolute Gasteiger partial charge is 0.481 e. The Morgan fingerprint density at radius 1 is 1.25 bits per heavy atom. The lowest BCUT2D eigenvalue weighted by molar-refractivity contribution is -0.144. The van der Waals surface area contributed by atoms with Crippen molar-refractivity contribution in [2.75, 3.05) is 13.7 Å². The van der Waals surface area contributed by atoms with Crippen molar-refractivity contribution in [2.24, 2.45) is 11.8 Å². The molecule has 5 heteroatoms. The Bertz CT molecular complexity index is 365. The molecule has 2 aliphatic rings. The molecule has 2 aliphatic carbocycles. The summed E-state index contributed by atoms with van der Waals surface area (Å²) in [6, 6.07) is 0. The first-order chi connectivity index (χ1) is 9.56. The van der Waals surface area contributed by atoms with Crippen molar-refractivity contribution in [1.82, 2.24) is 5.32 Å². The van der Waals surface area contributed by atoms with Gasteiger partial charge in [0.25, 0.3) is 0 Å². The molecule has 5 nitrogen and oxygen atoms in total. The maximum Gasteiger partial charge on any atom is 0.306 e. The van der Waals surface area contributed by atoms with E-state index in [0.717, 1.165) is 38.5 Å². The van der Waals surface area contributed by atoms with Crippen LogP contribution in [0, 0.1) is 11.8 Å². The monoisotopic (exact) mass is 283 g/mol. The van der Waals surface area contributed by atoms with Gasteiger partial charge in [0.15, 0.2) is 0 Å². The Morgan fingerprint density at radius 2 is 1.95 bits per heavy atom. The van der Waals surface area contributed by atoms with Gasteiger partial charge in [-0.15, -0.1) is 0 Å². The molecule has 2 unspecified atom stereocenters. The van der Waals surface area contributed by atoms with Crippen LogP contribution < -0.4 is 5.32 Å². The summed E-state index contributed by atoms with van der Waals surface area (Å²) in [5.74, 6) is -1.20. The molecule has 0 aromatic rings. The van der Waals surface area contributed by atoms with E-state index in [1.54, 1.807) is 7.11 Å². The Hall–Kier alpha value is -1.10. The molecule has 0 aromatic heterocycles. The van der Waals surface area contributed by atoms with Gasteiger partial charge in [0, 0.05) is 25.2 Å². The van der Waals surface area contributed by atoms with Gasteiger partial charge in [0.2, 0.25) is 5.91 Å². The zero-order chi connectivity index (χ0) is 14.6. The fraction of sp³-hybridized carbons (Fsp3) is 0.867. The van der Waals surface area contributed by atoms with Crippen molar-refractivity contribution in [2.45, 2.75) is 56.9 Å². The lowest BCUT2D eigenvalue weighted by Gasteiger charge is -2.44. The van der Waals surface area contributed by atoms with E-state index >= 15 is 0 Å². The third kappa shape index (κ3) is 3.51. The van der Waals surface area contributed by atoms with Gasteiger partial charge in [-0.1, -0.05) is 6.42 Å². The van der Waals surface area contributed by atoms with Crippen LogP contribution >= 0.6 is 0 Å². The summed E-state index contributed by atoms with van der Waals surface area (Å²) in [4.78, 5) is 23.5. The average molecular weight is 283 g/mol. The molecule has 0 spiro atoms. The van der Waals surface area contributed by atoms with Crippen LogP contribution in [-0.2, 0) is 14.3 Å². The maximum atomic E-state index is 12.4. The predicted octanol–water partition coefficient (Wildman–Crippen LogP) is 1.95. The molecule has 2 atom stereocenters. The molecular weight excluding hydrogens is 258 g/mol. The van der Waals surface area contributed by atoms with E-state index in [4.69, 9.17) is 9.84 Å². The average Bonchev–Trinajstić information content (AvgIpc) is 2.41. The number of ether oxygens (including phenoxy) is 1. The smallest absolute Gasteiger partial charge is 0.306 e. The number of aliphatic carboxylic acids is 1. The standard InChI is InChI=1S/C15H25NO4/c1-20-9-8-15(6-3-7-15)16-13(17)11-4-2-5-12(10-11)14(18)19/h11-12H,2-10H2,1H3,(H,16,17)(H,18,19). The van der Waals surface area contributed by atoms with Crippen LogP contribution in [0.25, 0.3) is 0 Å². The molecule has 0 saturated heterocycles. The summed E-state index contributed by atoms with van der Waals surface area (Å²) >= 11 is 0. The first-order valence-corrected chi connectivity index (χ1v) is 7.60. The van der Waals surface area contributed by atoms with Gasteiger partial charge in [-0.2, -0.15) is 0 Å². The molecule has 0 aromatic carbocycles. The number of hydrogen-bond acceptors (Lipinski definition) is 3. The molecule has 1 amide bonds. The van der Waals surface area contributed by atoms with Gasteiger partial charge >= 0.3 is 5.97 Å². The lowest BCUT2D eigenvalue weighted by atomic mass is 9.73. The normalized spacial score (nSPS) is 28.4. The van der Waals surface area contributed by atoms with Gasteiger partial charge in [0.1, 0.15) is 0 Å². The van der Waals surface area contributed by atoms with E-state index in [1.165, 1.54) is 0 Å². The number of carboxylic acid groups (broad SMARTS) is 1. The summed E-state index contributed by atoms with van der Waals surface area (Å²) in [7, 11) is 1.67. The van der Waals surface area contributed by atoms with Crippen LogP contribution in [0.4, 0.5) is 0 Å². The van der Waals surface area contributed by atoms with Crippen molar-refractivity contribution >= 4 is 11.9 Å². The molecule has 0 heterocycles. The van der Waals surface area contributed by atoms with Crippen molar-refractivity contribution in [3.8, 4) is 0 Å². The maximum absolute atomic E-state index is 12.4. The van der Waals surface area contributed by atoms with Crippen LogP contribution in [-0.4, -0.2) is 36.2 Å². The van der Waals surface area contributed by atoms with Crippen LogP contribution in [0.3, 0.4) is 0 Å². The third-order valence-corrected chi connectivity index (χ3v) is 4.88. The van der Waals surface area contributed by atoms with Gasteiger partial charge in [-0.3, -0.25) is 9.59 Å². The second kappa shape index (κ2) is 6.57. The van der Waals surface area contributed by atoms with Crippen LogP contribution in [0.1, 0.15) is 51.4 Å². The highest BCUT2D eigenvalue weighted by Crippen LogP contribution is 2.36. The van der Waals surface area contributed by atoms with E-state index in [1.807, 2.05) is 0 Å². The highest BCUT2D eigenvalue weighted by molar-refractivity contribution is 5.81.